The van der Waals surface area contributed by atoms with Gasteiger partial charge in [-0.3, -0.25) is 4.79 Å². The van der Waals surface area contributed by atoms with Crippen molar-refractivity contribution in [2.75, 3.05) is 30.2 Å². The number of hydrogen-bond donors (Lipinski definition) is 4. The third-order valence-electron chi connectivity index (χ3n) is 4.55. The lowest BCUT2D eigenvalue weighted by molar-refractivity contribution is 0.102. The van der Waals surface area contributed by atoms with Gasteiger partial charge in [0, 0.05) is 18.3 Å². The number of rotatable bonds is 7. The molecule has 0 atom stereocenters. The minimum absolute atomic E-state index is 0.170. The van der Waals surface area contributed by atoms with E-state index in [-0.39, 0.29) is 17.8 Å². The van der Waals surface area contributed by atoms with E-state index in [2.05, 4.69) is 22.0 Å². The summed E-state index contributed by atoms with van der Waals surface area (Å²) in [5.41, 5.74) is 7.75. The van der Waals surface area contributed by atoms with Gasteiger partial charge < -0.3 is 31.2 Å². The summed E-state index contributed by atoms with van der Waals surface area (Å²) < 4.78 is 10.6. The SMILES string of the molecule is COc1cc(NC(=O)Nc2c(Cl)cccc2CN)c(C(=O)Nc2cc[c]cc2)cc1OC. The van der Waals surface area contributed by atoms with Gasteiger partial charge in [-0.15, -0.1) is 0 Å². The fourth-order valence-corrected chi connectivity index (χ4v) is 3.23. The highest BCUT2D eigenvalue weighted by atomic mass is 35.5. The second kappa shape index (κ2) is 10.5. The Hall–Kier alpha value is -3.75. The molecule has 0 saturated carbocycles. The molecular weight excluding hydrogens is 432 g/mol. The van der Waals surface area contributed by atoms with Crippen LogP contribution >= 0.6 is 11.6 Å². The summed E-state index contributed by atoms with van der Waals surface area (Å²) >= 11 is 6.21. The third kappa shape index (κ3) is 5.29. The first-order valence-electron chi connectivity index (χ1n) is 9.55. The molecule has 0 spiro atoms. The number of halogens is 1. The number of carbonyl (C=O) groups is 2. The van der Waals surface area contributed by atoms with E-state index in [1.54, 1.807) is 42.5 Å². The van der Waals surface area contributed by atoms with Crippen LogP contribution in [0.25, 0.3) is 0 Å². The molecule has 1 radical (unpaired) electrons. The first-order chi connectivity index (χ1) is 15.5. The zero-order valence-corrected chi connectivity index (χ0v) is 18.2. The van der Waals surface area contributed by atoms with E-state index in [1.165, 1.54) is 26.4 Å². The van der Waals surface area contributed by atoms with Crippen LogP contribution < -0.4 is 31.2 Å². The van der Waals surface area contributed by atoms with Crippen LogP contribution in [0.3, 0.4) is 0 Å². The smallest absolute Gasteiger partial charge is 0.323 e. The van der Waals surface area contributed by atoms with Crippen LogP contribution in [-0.4, -0.2) is 26.2 Å². The van der Waals surface area contributed by atoms with Crippen LogP contribution in [0.1, 0.15) is 15.9 Å². The number of urea groups is 1. The molecule has 0 saturated heterocycles. The number of para-hydroxylation sites is 1. The minimum Gasteiger partial charge on any atom is -0.493 e. The van der Waals surface area contributed by atoms with E-state index in [1.807, 2.05) is 0 Å². The van der Waals surface area contributed by atoms with Crippen molar-refractivity contribution < 1.29 is 19.1 Å². The predicted molar refractivity (Wildman–Crippen MR) is 125 cm³/mol. The Labute approximate surface area is 190 Å². The molecule has 0 aliphatic rings. The molecule has 0 aliphatic carbocycles. The molecule has 5 N–H and O–H groups in total. The van der Waals surface area contributed by atoms with E-state index >= 15 is 0 Å². The van der Waals surface area contributed by atoms with Crippen molar-refractivity contribution in [3.05, 3.63) is 76.8 Å². The van der Waals surface area contributed by atoms with E-state index in [9.17, 15) is 9.59 Å². The quantitative estimate of drug-likeness (QED) is 0.420. The van der Waals surface area contributed by atoms with Crippen molar-refractivity contribution in [3.63, 3.8) is 0 Å². The van der Waals surface area contributed by atoms with Gasteiger partial charge in [-0.1, -0.05) is 35.9 Å². The number of hydrogen-bond acceptors (Lipinski definition) is 5. The fourth-order valence-electron chi connectivity index (χ4n) is 2.98. The van der Waals surface area contributed by atoms with Gasteiger partial charge in [0.05, 0.1) is 36.2 Å². The number of ether oxygens (including phenoxy) is 2. The van der Waals surface area contributed by atoms with E-state index in [0.717, 1.165) is 0 Å². The summed E-state index contributed by atoms with van der Waals surface area (Å²) in [6.45, 7) is 0.189. The average Bonchev–Trinajstić information content (AvgIpc) is 2.80. The predicted octanol–water partition coefficient (Wildman–Crippen LogP) is 4.51. The largest absolute Gasteiger partial charge is 0.493 e. The number of methoxy groups -OCH3 is 2. The zero-order chi connectivity index (χ0) is 23.1. The van der Waals surface area contributed by atoms with Crippen molar-refractivity contribution in [1.82, 2.24) is 0 Å². The van der Waals surface area contributed by atoms with Crippen molar-refractivity contribution in [2.24, 2.45) is 5.73 Å². The monoisotopic (exact) mass is 453 g/mol. The van der Waals surface area contributed by atoms with Crippen molar-refractivity contribution in [2.45, 2.75) is 6.54 Å². The van der Waals surface area contributed by atoms with Crippen LogP contribution in [0.2, 0.25) is 5.02 Å². The first kappa shape index (κ1) is 22.9. The summed E-state index contributed by atoms with van der Waals surface area (Å²) in [6, 6.07) is 17.2. The molecule has 32 heavy (non-hydrogen) atoms. The molecule has 0 aliphatic heterocycles. The van der Waals surface area contributed by atoms with Crippen LogP contribution in [0, 0.1) is 6.07 Å². The second-order valence-corrected chi connectivity index (χ2v) is 6.96. The standard InChI is InChI=1S/C23H22ClN4O4/c1-31-19-11-16(22(29)26-15-8-4-3-5-9-15)18(12-20(19)32-2)27-23(30)28-21-14(13-25)7-6-10-17(21)24/h4-12H,13,25H2,1-2H3,(H,26,29)(H2,27,28,30). The number of carbonyl (C=O) groups excluding carboxylic acids is 2. The van der Waals surface area contributed by atoms with Gasteiger partial charge in [0.2, 0.25) is 0 Å². The van der Waals surface area contributed by atoms with Gasteiger partial charge in [0.15, 0.2) is 11.5 Å². The Bertz CT molecular complexity index is 1120. The fraction of sp³-hybridized carbons (Fsp3) is 0.130. The summed E-state index contributed by atoms with van der Waals surface area (Å²) in [4.78, 5) is 25.7. The number of nitrogens with one attached hydrogen (secondary N) is 3. The Morgan fingerprint density at radius 1 is 1.00 bits per heavy atom. The molecular formula is C23H22ClN4O4. The lowest BCUT2D eigenvalue weighted by Gasteiger charge is -2.17. The van der Waals surface area contributed by atoms with E-state index in [4.69, 9.17) is 26.8 Å². The highest BCUT2D eigenvalue weighted by molar-refractivity contribution is 6.34. The number of benzene rings is 3. The maximum absolute atomic E-state index is 13.0. The highest BCUT2D eigenvalue weighted by Gasteiger charge is 2.20. The summed E-state index contributed by atoms with van der Waals surface area (Å²) in [6.07, 6.45) is 0. The molecule has 0 aromatic heterocycles. The van der Waals surface area contributed by atoms with E-state index in [0.29, 0.717) is 33.5 Å². The highest BCUT2D eigenvalue weighted by Crippen LogP contribution is 2.34. The van der Waals surface area contributed by atoms with Crippen LogP contribution in [0.4, 0.5) is 21.9 Å². The summed E-state index contributed by atoms with van der Waals surface area (Å²) in [7, 11) is 2.91. The van der Waals surface area contributed by atoms with Gasteiger partial charge in [-0.25, -0.2) is 4.79 Å². The maximum Gasteiger partial charge on any atom is 0.323 e. The molecule has 3 aromatic carbocycles. The normalized spacial score (nSPS) is 10.2. The lowest BCUT2D eigenvalue weighted by atomic mass is 10.1. The molecule has 0 unspecified atom stereocenters. The molecule has 0 bridgehead atoms. The maximum atomic E-state index is 13.0. The second-order valence-electron chi connectivity index (χ2n) is 6.55. The Morgan fingerprint density at radius 3 is 2.34 bits per heavy atom. The van der Waals surface area contributed by atoms with Crippen molar-refractivity contribution in [1.29, 1.82) is 0 Å². The van der Waals surface area contributed by atoms with Gasteiger partial charge >= 0.3 is 6.03 Å². The van der Waals surface area contributed by atoms with Crippen LogP contribution in [0.15, 0.2) is 54.6 Å². The van der Waals surface area contributed by atoms with Crippen LogP contribution in [-0.2, 0) is 6.54 Å². The van der Waals surface area contributed by atoms with Gasteiger partial charge in [0.25, 0.3) is 5.91 Å². The molecule has 3 aromatic rings. The number of anilines is 3. The third-order valence-corrected chi connectivity index (χ3v) is 4.87. The molecule has 0 heterocycles. The zero-order valence-electron chi connectivity index (χ0n) is 17.5. The molecule has 9 heteroatoms. The first-order valence-corrected chi connectivity index (χ1v) is 9.93. The Kier molecular flexibility index (Phi) is 7.54. The van der Waals surface area contributed by atoms with Crippen LogP contribution in [0.5, 0.6) is 11.5 Å². The minimum atomic E-state index is -0.608. The number of nitrogens with two attached hydrogens (primary N) is 1. The average molecular weight is 454 g/mol. The Morgan fingerprint density at radius 2 is 1.69 bits per heavy atom. The lowest BCUT2D eigenvalue weighted by Crippen LogP contribution is -2.23. The van der Waals surface area contributed by atoms with E-state index < -0.39 is 11.9 Å². The summed E-state index contributed by atoms with van der Waals surface area (Å²) in [5, 5.41) is 8.48. The van der Waals surface area contributed by atoms with Gasteiger partial charge in [0.1, 0.15) is 0 Å². The molecule has 165 valence electrons. The van der Waals surface area contributed by atoms with Crippen molar-refractivity contribution in [3.8, 4) is 11.5 Å². The molecule has 3 amide bonds. The van der Waals surface area contributed by atoms with Gasteiger partial charge in [-0.05, 0) is 35.9 Å². The summed E-state index contributed by atoms with van der Waals surface area (Å²) in [5.74, 6) is 0.225. The van der Waals surface area contributed by atoms with Crippen molar-refractivity contribution >= 4 is 40.6 Å². The number of amides is 3. The topological polar surface area (TPSA) is 115 Å². The molecule has 3 rings (SSSR count). The molecule has 8 nitrogen and oxygen atoms in total. The van der Waals surface area contributed by atoms with Gasteiger partial charge in [-0.2, -0.15) is 0 Å². The Balaban J connectivity index is 1.92. The molecule has 0 fully saturated rings.